The van der Waals surface area contributed by atoms with Crippen LogP contribution >= 0.6 is 0 Å². The van der Waals surface area contributed by atoms with Crippen LogP contribution in [0, 0.1) is 6.92 Å². The second-order valence-electron chi connectivity index (χ2n) is 5.00. The molecule has 1 aromatic carbocycles. The van der Waals surface area contributed by atoms with Crippen molar-refractivity contribution in [1.29, 1.82) is 0 Å². The topological polar surface area (TPSA) is 15.8 Å². The lowest BCUT2D eigenvalue weighted by Gasteiger charge is -2.20. The number of aryl methyl sites for hydroxylation is 1. The van der Waals surface area contributed by atoms with E-state index >= 15 is 0 Å². The van der Waals surface area contributed by atoms with Crippen molar-refractivity contribution in [3.05, 3.63) is 35.5 Å². The predicted molar refractivity (Wildman–Crippen MR) is 61.7 cm³/mol. The van der Waals surface area contributed by atoms with Crippen LogP contribution in [0.2, 0.25) is 0 Å². The summed E-state index contributed by atoms with van der Waals surface area (Å²) in [6.07, 6.45) is 2.01. The number of fused-ring (bicyclic) bond motifs is 1. The van der Waals surface area contributed by atoms with Gasteiger partial charge in [0, 0.05) is 17.1 Å². The predicted octanol–water partition coefficient (Wildman–Crippen LogP) is 3.77. The van der Waals surface area contributed by atoms with Crippen molar-refractivity contribution in [2.75, 3.05) is 0 Å². The summed E-state index contributed by atoms with van der Waals surface area (Å²) in [5, 5.41) is 1.35. The van der Waals surface area contributed by atoms with Crippen LogP contribution in [-0.2, 0) is 5.41 Å². The molecule has 2 rings (SSSR count). The Kier molecular flexibility index (Phi) is 1.91. The maximum Gasteiger partial charge on any atom is 0.0459 e. The SMILES string of the molecule is Cc1cc(C(C)(C)C)c2cc[nH]c2c1. The number of H-pyrrole nitrogens is 1. The lowest BCUT2D eigenvalue weighted by molar-refractivity contribution is 0.595. The molecular formula is C13H17N. The molecule has 0 atom stereocenters. The van der Waals surface area contributed by atoms with E-state index in [0.717, 1.165) is 0 Å². The van der Waals surface area contributed by atoms with Crippen molar-refractivity contribution >= 4 is 10.9 Å². The third-order valence-corrected chi connectivity index (χ3v) is 2.62. The van der Waals surface area contributed by atoms with Gasteiger partial charge in [0.15, 0.2) is 0 Å². The fourth-order valence-corrected chi connectivity index (χ4v) is 1.93. The smallest absolute Gasteiger partial charge is 0.0459 e. The quantitative estimate of drug-likeness (QED) is 0.646. The van der Waals surface area contributed by atoms with Crippen LogP contribution in [0.1, 0.15) is 31.9 Å². The molecule has 1 aromatic heterocycles. The molecule has 2 aromatic rings. The molecule has 0 saturated heterocycles. The highest BCUT2D eigenvalue weighted by Crippen LogP contribution is 2.30. The number of hydrogen-bond donors (Lipinski definition) is 1. The molecule has 1 heterocycles. The van der Waals surface area contributed by atoms with E-state index in [1.165, 1.54) is 22.0 Å². The molecule has 1 N–H and O–H groups in total. The zero-order chi connectivity index (χ0) is 10.3. The summed E-state index contributed by atoms with van der Waals surface area (Å²) in [5.74, 6) is 0. The average molecular weight is 187 g/mol. The van der Waals surface area contributed by atoms with E-state index in [1.807, 2.05) is 6.20 Å². The summed E-state index contributed by atoms with van der Waals surface area (Å²) in [4.78, 5) is 3.27. The first kappa shape index (κ1) is 9.32. The van der Waals surface area contributed by atoms with Gasteiger partial charge in [-0.2, -0.15) is 0 Å². The minimum atomic E-state index is 0.215. The number of rotatable bonds is 0. The number of hydrogen-bond acceptors (Lipinski definition) is 0. The molecule has 74 valence electrons. The van der Waals surface area contributed by atoms with E-state index in [0.29, 0.717) is 0 Å². The van der Waals surface area contributed by atoms with Crippen LogP contribution in [0.3, 0.4) is 0 Å². The standard InChI is InChI=1S/C13H17N/c1-9-7-11(13(2,3)4)10-5-6-14-12(10)8-9/h5-8,14H,1-4H3. The summed E-state index contributed by atoms with van der Waals surface area (Å²) in [7, 11) is 0. The van der Waals surface area contributed by atoms with Crippen molar-refractivity contribution in [2.45, 2.75) is 33.1 Å². The van der Waals surface area contributed by atoms with Crippen molar-refractivity contribution in [1.82, 2.24) is 4.98 Å². The Labute approximate surface area is 85.1 Å². The Morgan fingerprint density at radius 2 is 1.86 bits per heavy atom. The van der Waals surface area contributed by atoms with Crippen LogP contribution in [0.15, 0.2) is 24.4 Å². The van der Waals surface area contributed by atoms with E-state index in [9.17, 15) is 0 Å². The Hall–Kier alpha value is -1.24. The number of nitrogens with one attached hydrogen (secondary N) is 1. The maximum absolute atomic E-state index is 3.27. The third kappa shape index (κ3) is 1.43. The molecule has 1 nitrogen and oxygen atoms in total. The van der Waals surface area contributed by atoms with Gasteiger partial charge in [0.2, 0.25) is 0 Å². The summed E-state index contributed by atoms with van der Waals surface area (Å²) < 4.78 is 0. The van der Waals surface area contributed by atoms with Gasteiger partial charge in [-0.25, -0.2) is 0 Å². The van der Waals surface area contributed by atoms with Gasteiger partial charge < -0.3 is 4.98 Å². The van der Waals surface area contributed by atoms with E-state index in [1.54, 1.807) is 0 Å². The van der Waals surface area contributed by atoms with Crippen LogP contribution < -0.4 is 0 Å². The molecule has 0 unspecified atom stereocenters. The van der Waals surface area contributed by atoms with Gasteiger partial charge in [-0.1, -0.05) is 26.8 Å². The lowest BCUT2D eigenvalue weighted by Crippen LogP contribution is -2.11. The van der Waals surface area contributed by atoms with E-state index in [4.69, 9.17) is 0 Å². The van der Waals surface area contributed by atoms with E-state index < -0.39 is 0 Å². The molecule has 0 aliphatic rings. The second-order valence-corrected chi connectivity index (χ2v) is 5.00. The lowest BCUT2D eigenvalue weighted by atomic mass is 9.84. The highest BCUT2D eigenvalue weighted by molar-refractivity contribution is 5.84. The molecule has 0 saturated carbocycles. The van der Waals surface area contributed by atoms with Crippen LogP contribution in [-0.4, -0.2) is 4.98 Å². The van der Waals surface area contributed by atoms with Gasteiger partial charge >= 0.3 is 0 Å². The molecule has 0 bridgehead atoms. The van der Waals surface area contributed by atoms with Gasteiger partial charge in [-0.15, -0.1) is 0 Å². The monoisotopic (exact) mass is 187 g/mol. The Morgan fingerprint density at radius 1 is 1.14 bits per heavy atom. The maximum atomic E-state index is 3.27. The van der Waals surface area contributed by atoms with Crippen molar-refractivity contribution in [3.63, 3.8) is 0 Å². The zero-order valence-electron chi connectivity index (χ0n) is 9.31. The third-order valence-electron chi connectivity index (χ3n) is 2.62. The largest absolute Gasteiger partial charge is 0.361 e. The van der Waals surface area contributed by atoms with Gasteiger partial charge in [-0.05, 0) is 35.6 Å². The molecule has 0 aliphatic carbocycles. The Bertz CT molecular complexity index is 458. The molecule has 0 aliphatic heterocycles. The molecule has 0 amide bonds. The first-order valence-electron chi connectivity index (χ1n) is 5.07. The second kappa shape index (κ2) is 2.88. The number of aromatic amines is 1. The van der Waals surface area contributed by atoms with Gasteiger partial charge in [0.25, 0.3) is 0 Å². The zero-order valence-corrected chi connectivity index (χ0v) is 9.31. The van der Waals surface area contributed by atoms with Crippen LogP contribution in [0.5, 0.6) is 0 Å². The van der Waals surface area contributed by atoms with Crippen molar-refractivity contribution < 1.29 is 0 Å². The van der Waals surface area contributed by atoms with Crippen LogP contribution in [0.25, 0.3) is 10.9 Å². The summed E-state index contributed by atoms with van der Waals surface area (Å²) in [6.45, 7) is 8.92. The van der Waals surface area contributed by atoms with E-state index in [-0.39, 0.29) is 5.41 Å². The Balaban J connectivity index is 2.80. The fourth-order valence-electron chi connectivity index (χ4n) is 1.93. The molecule has 0 spiro atoms. The summed E-state index contributed by atoms with van der Waals surface area (Å²) in [5.41, 5.74) is 4.21. The summed E-state index contributed by atoms with van der Waals surface area (Å²) in [6, 6.07) is 6.65. The fraction of sp³-hybridized carbons (Fsp3) is 0.385. The molecule has 14 heavy (non-hydrogen) atoms. The van der Waals surface area contributed by atoms with Gasteiger partial charge in [0.1, 0.15) is 0 Å². The van der Waals surface area contributed by atoms with Crippen molar-refractivity contribution in [2.24, 2.45) is 0 Å². The molecule has 0 fully saturated rings. The average Bonchev–Trinajstić information content (AvgIpc) is 2.47. The van der Waals surface area contributed by atoms with Crippen LogP contribution in [0.4, 0.5) is 0 Å². The van der Waals surface area contributed by atoms with E-state index in [2.05, 4.69) is 50.9 Å². The minimum Gasteiger partial charge on any atom is -0.361 e. The first-order valence-corrected chi connectivity index (χ1v) is 5.07. The van der Waals surface area contributed by atoms with Gasteiger partial charge in [-0.3, -0.25) is 0 Å². The minimum absolute atomic E-state index is 0.215. The highest BCUT2D eigenvalue weighted by atomic mass is 14.7. The Morgan fingerprint density at radius 3 is 2.50 bits per heavy atom. The normalized spacial score (nSPS) is 12.3. The highest BCUT2D eigenvalue weighted by Gasteiger charge is 2.17. The number of aromatic nitrogens is 1. The number of benzene rings is 1. The first-order chi connectivity index (χ1) is 6.48. The molecule has 0 radical (unpaired) electrons. The molecule has 1 heteroatoms. The molecular weight excluding hydrogens is 170 g/mol. The van der Waals surface area contributed by atoms with Crippen molar-refractivity contribution in [3.8, 4) is 0 Å². The van der Waals surface area contributed by atoms with Gasteiger partial charge in [0.05, 0.1) is 0 Å². The summed E-state index contributed by atoms with van der Waals surface area (Å²) >= 11 is 0.